The maximum atomic E-state index is 14.2. The van der Waals surface area contributed by atoms with E-state index in [4.69, 9.17) is 32.7 Å². The van der Waals surface area contributed by atoms with E-state index in [0.717, 1.165) is 52.7 Å². The number of allylic oxidation sites excluding steroid dienone is 4. The molecule has 6 fully saturated rings. The summed E-state index contributed by atoms with van der Waals surface area (Å²) < 4.78 is 149. The average Bonchev–Trinajstić information content (AvgIpc) is 1.55. The molecule has 2 aromatic carbocycles. The first kappa shape index (κ1) is 77.8. The monoisotopic (exact) mass is 1590 g/mol. The Morgan fingerprint density at radius 1 is 0.755 bits per heavy atom. The number of aryl methyl sites for hydroxylation is 2. The lowest BCUT2D eigenvalue weighted by atomic mass is 9.96. The second-order valence-electron chi connectivity index (χ2n) is 28.4. The highest BCUT2D eigenvalue weighted by Crippen LogP contribution is 2.59. The molecule has 6 aromatic rings. The Morgan fingerprint density at radius 2 is 1.30 bits per heavy atom. The van der Waals surface area contributed by atoms with Crippen LogP contribution in [0, 0.1) is 36.5 Å². The number of unbranched alkanes of at least 4 members (excludes halogenated alkanes) is 2. The number of sulfonamides is 2. The van der Waals surface area contributed by atoms with Crippen LogP contribution < -0.4 is 18.9 Å². The Bertz CT molecular complexity index is 4780. The van der Waals surface area contributed by atoms with Crippen LogP contribution in [0.4, 0.5) is 26.3 Å². The summed E-state index contributed by atoms with van der Waals surface area (Å²) in [4.78, 5) is 106. The Kier molecular flexibility index (Phi) is 22.3. The van der Waals surface area contributed by atoms with Gasteiger partial charge in [0.2, 0.25) is 55.5 Å². The normalized spacial score (nSPS) is 24.5. The first-order valence-corrected chi connectivity index (χ1v) is 40.4. The lowest BCUT2D eigenvalue weighted by molar-refractivity contribution is -0.145. The van der Waals surface area contributed by atoms with Crippen molar-refractivity contribution in [2.24, 2.45) is 22.7 Å². The van der Waals surface area contributed by atoms with Crippen LogP contribution in [0.25, 0.3) is 43.2 Å². The Hall–Kier alpha value is -7.78. The number of likely N-dealkylation sites (N-methyl/N-ethyl adjacent to an activating group) is 2. The lowest BCUT2D eigenvalue weighted by Gasteiger charge is -2.29. The number of likely N-dealkylation sites (tertiary alicyclic amines) is 1. The smallest absolute Gasteiger partial charge is 0.434 e. The van der Waals surface area contributed by atoms with Gasteiger partial charge in [0, 0.05) is 86.5 Å². The molecule has 7 heterocycles. The molecule has 106 heavy (non-hydrogen) atoms. The molecule has 22 nitrogen and oxygen atoms in total. The van der Waals surface area contributed by atoms with Crippen LogP contribution in [0.5, 0.6) is 11.5 Å². The highest BCUT2D eigenvalue weighted by atomic mass is 35.5. The number of hydrogen-bond donors (Lipinski definition) is 2. The number of nitrogens with one attached hydrogen (secondary N) is 2. The van der Waals surface area contributed by atoms with E-state index in [1.807, 2.05) is 12.2 Å². The summed E-state index contributed by atoms with van der Waals surface area (Å²) in [6.07, 6.45) is 2.77. The fourth-order valence-corrected chi connectivity index (χ4v) is 18.7. The van der Waals surface area contributed by atoms with Gasteiger partial charge in [-0.15, -0.1) is 35.8 Å². The van der Waals surface area contributed by atoms with E-state index in [-0.39, 0.29) is 111 Å². The number of alkyl halides is 6. The number of rotatable bonds is 21. The van der Waals surface area contributed by atoms with Gasteiger partial charge in [0.15, 0.2) is 11.4 Å². The topological polar surface area (TPSA) is 278 Å². The van der Waals surface area contributed by atoms with E-state index >= 15 is 0 Å². The van der Waals surface area contributed by atoms with Gasteiger partial charge in [-0.25, -0.2) is 36.8 Å². The zero-order chi connectivity index (χ0) is 76.3. The SMILES string of the molecule is C=CCCCCN(C)C(=O)[C@@H]1CC(Oc2cc(-c3nc(C(F)(F)F)cs3)nc3c(Cl)c(C)ccc23)CN1C(=O)C[C@]1(C(=O)NS(=O)(=O)C2CC2)C[C@H]1C=C.Cc1ccc2c(OC3C[C@H]4C(=O)N(C)CCCC/C=C\[C@@H]5C[C@@]5(C(=O)NS(=O)(=O)C5CC5)CC(=O)N4C3)cc(-c3nc(C(F)(F)F)cs3)nc2c1Cl. The van der Waals surface area contributed by atoms with Crippen molar-refractivity contribution < 1.29 is 81.4 Å². The van der Waals surface area contributed by atoms with Crippen molar-refractivity contribution >= 4 is 123 Å². The highest BCUT2D eigenvalue weighted by Gasteiger charge is 2.63. The molecule has 4 aromatic heterocycles. The number of aromatic nitrogens is 4. The van der Waals surface area contributed by atoms with Crippen molar-refractivity contribution in [3.8, 4) is 32.9 Å². The lowest BCUT2D eigenvalue weighted by Crippen LogP contribution is -2.48. The van der Waals surface area contributed by atoms with Crippen molar-refractivity contribution in [2.45, 2.75) is 164 Å². The number of pyridine rings is 2. The van der Waals surface area contributed by atoms with Crippen molar-refractivity contribution in [3.63, 3.8) is 0 Å². The van der Waals surface area contributed by atoms with Gasteiger partial charge in [0.05, 0.1) is 55.5 Å². The molecule has 2 N–H and O–H groups in total. The maximum absolute atomic E-state index is 14.2. The second-order valence-corrected chi connectivity index (χ2v) is 34.8. The molecule has 3 aliphatic heterocycles. The first-order valence-electron chi connectivity index (χ1n) is 34.8. The predicted octanol–water partition coefficient (Wildman–Crippen LogP) is 12.6. The van der Waals surface area contributed by atoms with Crippen LogP contribution in [-0.2, 0) is 61.2 Å². The molecular weight excluding hydrogens is 1510 g/mol. The standard InChI is InChI=1S/C37H41ClF3N5O6S2.C35H37ClF3N5O6S2/c1-5-7-8-9-14-45(4)34(48)27-15-23(19-46(27)30(47)18-36(17-22(36)6-2)35(49)44-54(50,51)24-11-12-24)52-28-16-26(33-43-29(20-53-33)37(39,40)41)42-32-25(28)13-10-21(3)31(32)38;1-19-8-11-23-26(14-24(40-30(23)29(19)36)31-41-27(18-51-31)35(37,38)39)50-21-13-25-32(46)43(2)12-6-4-3-5-7-20-15-34(20,16-28(45)44(25)17-21)33(47)42-52(48,49)22-9-10-22/h5-6,10,13,16,20,22-24,27H,1-2,7-9,11-12,14-15,17-19H2,3-4H3,(H,44,49);5,7-8,11,14,18,20-22,25H,3-4,6,9-10,12-13,15-17H2,1-2H3,(H,42,47)/b;7-5-/t22-,23?,27+,36-;20-,21?,25+,34-/m11/s1. The van der Waals surface area contributed by atoms with E-state index in [1.165, 1.54) is 28.0 Å². The summed E-state index contributed by atoms with van der Waals surface area (Å²) in [6, 6.07) is 8.02. The Balaban J connectivity index is 0.000000199. The molecule has 2 saturated heterocycles. The zero-order valence-corrected chi connectivity index (χ0v) is 63.0. The van der Waals surface area contributed by atoms with Gasteiger partial charge in [0.1, 0.15) is 57.2 Å². The van der Waals surface area contributed by atoms with Gasteiger partial charge in [-0.1, -0.05) is 59.6 Å². The Labute approximate surface area is 626 Å². The minimum absolute atomic E-state index is 0.00510. The summed E-state index contributed by atoms with van der Waals surface area (Å²) in [5.41, 5.74) is -2.57. The number of carbonyl (C=O) groups excluding carboxylic acids is 6. The molecule has 0 spiro atoms. The van der Waals surface area contributed by atoms with Crippen LogP contribution in [0.15, 0.2) is 84.6 Å². The summed E-state index contributed by atoms with van der Waals surface area (Å²) in [7, 11) is -4.42. The fourth-order valence-electron chi connectivity index (χ4n) is 13.9. The Morgan fingerprint density at radius 3 is 1.81 bits per heavy atom. The first-order chi connectivity index (χ1) is 50.1. The molecule has 0 radical (unpaired) electrons. The van der Waals surface area contributed by atoms with Gasteiger partial charge in [-0.3, -0.25) is 38.2 Å². The zero-order valence-electron chi connectivity index (χ0n) is 58.2. The van der Waals surface area contributed by atoms with Gasteiger partial charge >= 0.3 is 12.4 Å². The van der Waals surface area contributed by atoms with Crippen molar-refractivity contribution in [2.75, 3.05) is 40.3 Å². The molecule has 6 amide bonds. The molecule has 8 atom stereocenters. The third kappa shape index (κ3) is 16.6. The van der Waals surface area contributed by atoms with E-state index < -0.39 is 119 Å². The number of amides is 6. The van der Waals surface area contributed by atoms with Crippen LogP contribution in [0.2, 0.25) is 10.0 Å². The number of halogens is 8. The van der Waals surface area contributed by atoms with Crippen molar-refractivity contribution in [1.29, 1.82) is 0 Å². The van der Waals surface area contributed by atoms with E-state index in [1.54, 1.807) is 68.1 Å². The van der Waals surface area contributed by atoms with Crippen LogP contribution in [0.3, 0.4) is 0 Å². The van der Waals surface area contributed by atoms with Crippen LogP contribution in [-0.4, -0.2) is 167 Å². The van der Waals surface area contributed by atoms with Crippen LogP contribution in [0.1, 0.15) is 125 Å². The minimum atomic E-state index is -4.66. The van der Waals surface area contributed by atoms with Gasteiger partial charge in [-0.05, 0) is 126 Å². The van der Waals surface area contributed by atoms with Gasteiger partial charge in [-0.2, -0.15) is 26.3 Å². The van der Waals surface area contributed by atoms with Crippen molar-refractivity contribution in [3.05, 3.63) is 117 Å². The summed E-state index contributed by atoms with van der Waals surface area (Å²) in [6.45, 7) is 11.8. The molecule has 2 unspecified atom stereocenters. The molecule has 13 rings (SSSR count). The minimum Gasteiger partial charge on any atom is -0.488 e. The van der Waals surface area contributed by atoms with E-state index in [0.29, 0.717) is 91.9 Å². The molecule has 34 heteroatoms. The number of thiazole rings is 2. The average molecular weight is 1590 g/mol. The van der Waals surface area contributed by atoms with Crippen molar-refractivity contribution in [1.82, 2.24) is 49.0 Å². The molecule has 0 bridgehead atoms. The van der Waals surface area contributed by atoms with Crippen LogP contribution >= 0.6 is 45.9 Å². The number of carbonyl (C=O) groups is 6. The molecule has 4 aliphatic carbocycles. The van der Waals surface area contributed by atoms with E-state index in [2.05, 4.69) is 42.5 Å². The number of ether oxygens (including phenoxy) is 2. The number of benzene rings is 2. The summed E-state index contributed by atoms with van der Waals surface area (Å²) >= 11 is 14.8. The largest absolute Gasteiger partial charge is 0.488 e. The van der Waals surface area contributed by atoms with E-state index in [9.17, 15) is 71.9 Å². The van der Waals surface area contributed by atoms with Gasteiger partial charge in [0.25, 0.3) is 0 Å². The maximum Gasteiger partial charge on any atom is 0.434 e. The highest BCUT2D eigenvalue weighted by molar-refractivity contribution is 7.91. The predicted molar refractivity (Wildman–Crippen MR) is 387 cm³/mol. The quantitative estimate of drug-likeness (QED) is 0.0385. The number of hydrogen-bond acceptors (Lipinski definition) is 18. The molecule has 568 valence electrons. The molecular formula is C72H78Cl2F6N10O12S4. The number of fused-ring (bicyclic) bond motifs is 4. The fraction of sp³-hybridized carbons (Fsp3) is 0.500. The van der Waals surface area contributed by atoms with Gasteiger partial charge < -0.3 is 29.1 Å². The summed E-state index contributed by atoms with van der Waals surface area (Å²) in [5.74, 6) is -3.42. The second kappa shape index (κ2) is 30.3. The third-order valence-corrected chi connectivity index (χ3v) is 27.0. The molecule has 7 aliphatic rings. The third-order valence-electron chi connectivity index (χ3n) is 20.7. The molecule has 4 saturated carbocycles. The summed E-state index contributed by atoms with van der Waals surface area (Å²) in [5, 5.41) is 2.06. The number of nitrogens with zero attached hydrogens (tertiary/aromatic N) is 8.